The third kappa shape index (κ3) is 6.26. The van der Waals surface area contributed by atoms with Crippen LogP contribution < -0.4 is 25.6 Å². The fourth-order valence-electron chi connectivity index (χ4n) is 5.40. The highest BCUT2D eigenvalue weighted by atomic mass is 32.1. The number of amides is 4. The van der Waals surface area contributed by atoms with E-state index in [-0.39, 0.29) is 24.0 Å². The maximum Gasteiger partial charge on any atom is 0.407 e. The van der Waals surface area contributed by atoms with Gasteiger partial charge < -0.3 is 25.4 Å². The highest BCUT2D eigenvalue weighted by Crippen LogP contribution is 2.46. The first-order valence-electron chi connectivity index (χ1n) is 14.3. The van der Waals surface area contributed by atoms with E-state index in [9.17, 15) is 14.4 Å². The van der Waals surface area contributed by atoms with Crippen LogP contribution in [0.15, 0.2) is 66.9 Å². The van der Waals surface area contributed by atoms with Crippen molar-refractivity contribution in [2.24, 2.45) is 0 Å². The summed E-state index contributed by atoms with van der Waals surface area (Å²) < 4.78 is 11.3. The Labute approximate surface area is 253 Å². The molecule has 0 atom stereocenters. The van der Waals surface area contributed by atoms with Crippen molar-refractivity contribution in [2.45, 2.75) is 64.1 Å². The molecule has 43 heavy (non-hydrogen) atoms. The molecule has 2 aromatic heterocycles. The Morgan fingerprint density at radius 1 is 0.930 bits per heavy atom. The first-order valence-corrected chi connectivity index (χ1v) is 15.1. The molecule has 0 radical (unpaired) electrons. The monoisotopic (exact) mass is 599 g/mol. The number of para-hydroxylation sites is 1. The number of carbonyl (C=O) groups is 3. The number of hydrogen-bond donors (Lipinski definition) is 3. The van der Waals surface area contributed by atoms with E-state index in [1.807, 2.05) is 75.4 Å². The van der Waals surface area contributed by atoms with Crippen LogP contribution in [0.5, 0.6) is 11.5 Å². The van der Waals surface area contributed by atoms with Gasteiger partial charge in [-0.05, 0) is 88.9 Å². The molecule has 1 fully saturated rings. The Balaban J connectivity index is 1.15. The molecule has 0 bridgehead atoms. The summed E-state index contributed by atoms with van der Waals surface area (Å²) in [4.78, 5) is 46.2. The molecular formula is C32H33N5O5S. The van der Waals surface area contributed by atoms with Gasteiger partial charge in [-0.25, -0.2) is 14.6 Å². The van der Waals surface area contributed by atoms with E-state index >= 15 is 0 Å². The van der Waals surface area contributed by atoms with Gasteiger partial charge >= 0.3 is 12.1 Å². The minimum absolute atomic E-state index is 0.00415. The molecule has 3 heterocycles. The third-order valence-electron chi connectivity index (χ3n) is 7.31. The molecule has 1 aliphatic carbocycles. The fourth-order valence-corrected chi connectivity index (χ4v) is 6.42. The van der Waals surface area contributed by atoms with E-state index < -0.39 is 11.7 Å². The first-order chi connectivity index (χ1) is 20.6. The molecule has 11 heteroatoms. The van der Waals surface area contributed by atoms with E-state index in [1.54, 1.807) is 17.2 Å². The zero-order valence-electron chi connectivity index (χ0n) is 24.2. The van der Waals surface area contributed by atoms with Crippen molar-refractivity contribution in [1.29, 1.82) is 0 Å². The largest absolute Gasteiger partial charge is 0.457 e. The van der Waals surface area contributed by atoms with Crippen LogP contribution in [0.2, 0.25) is 0 Å². The van der Waals surface area contributed by atoms with Crippen LogP contribution in [0.25, 0.3) is 10.2 Å². The topological polar surface area (TPSA) is 122 Å². The molecule has 222 valence electrons. The van der Waals surface area contributed by atoms with E-state index in [0.717, 1.165) is 36.8 Å². The summed E-state index contributed by atoms with van der Waals surface area (Å²) in [5.74, 6) is 1.13. The number of thiophene rings is 1. The van der Waals surface area contributed by atoms with Crippen LogP contribution in [0.4, 0.5) is 26.7 Å². The normalized spacial score (nSPS) is 18.1. The highest BCUT2D eigenvalue weighted by molar-refractivity contribution is 7.21. The number of carbonyl (C=O) groups excluding carboxylic acids is 3. The van der Waals surface area contributed by atoms with E-state index in [0.29, 0.717) is 32.5 Å². The average Bonchev–Trinajstić information content (AvgIpc) is 3.34. The van der Waals surface area contributed by atoms with Crippen molar-refractivity contribution >= 4 is 56.6 Å². The summed E-state index contributed by atoms with van der Waals surface area (Å²) in [6, 6.07) is 18.1. The van der Waals surface area contributed by atoms with Gasteiger partial charge in [0.25, 0.3) is 5.91 Å². The smallest absolute Gasteiger partial charge is 0.407 e. The van der Waals surface area contributed by atoms with Gasteiger partial charge in [0, 0.05) is 18.3 Å². The summed E-state index contributed by atoms with van der Waals surface area (Å²) in [6.07, 6.45) is 4.14. The number of ether oxygens (including phenoxy) is 2. The molecule has 2 aromatic carbocycles. The molecule has 0 spiro atoms. The molecule has 1 aliphatic heterocycles. The third-order valence-corrected chi connectivity index (χ3v) is 8.41. The van der Waals surface area contributed by atoms with E-state index in [1.165, 1.54) is 11.3 Å². The van der Waals surface area contributed by atoms with Crippen molar-refractivity contribution in [3.63, 3.8) is 0 Å². The SMILES string of the molecule is CC(C)(C)OC(=O)NC1CCC(NC(=O)c2sc3nccc4c3c2NC(=O)N4c2ccc(Oc3ccccc3)cc2)CC1. The number of pyridine rings is 1. The minimum atomic E-state index is -0.553. The number of nitrogens with one attached hydrogen (secondary N) is 3. The number of aromatic nitrogens is 1. The van der Waals surface area contributed by atoms with Gasteiger partial charge in [0.15, 0.2) is 0 Å². The summed E-state index contributed by atoms with van der Waals surface area (Å²) in [6.45, 7) is 5.50. The lowest BCUT2D eigenvalue weighted by Crippen LogP contribution is -2.45. The molecule has 2 aliphatic rings. The van der Waals surface area contributed by atoms with Gasteiger partial charge in [0.2, 0.25) is 0 Å². The van der Waals surface area contributed by atoms with Gasteiger partial charge in [-0.2, -0.15) is 0 Å². The second-order valence-electron chi connectivity index (χ2n) is 11.7. The Kier molecular flexibility index (Phi) is 7.66. The Hall–Kier alpha value is -4.64. The van der Waals surface area contributed by atoms with Crippen molar-refractivity contribution in [3.05, 3.63) is 71.7 Å². The molecule has 0 unspecified atom stereocenters. The molecule has 4 aromatic rings. The lowest BCUT2D eigenvalue weighted by molar-refractivity contribution is 0.0488. The maximum absolute atomic E-state index is 13.5. The average molecular weight is 600 g/mol. The number of urea groups is 1. The Morgan fingerprint density at radius 2 is 1.58 bits per heavy atom. The fraction of sp³-hybridized carbons (Fsp3) is 0.312. The number of hydrogen-bond acceptors (Lipinski definition) is 7. The molecule has 4 amide bonds. The van der Waals surface area contributed by atoms with Gasteiger partial charge in [0.05, 0.1) is 22.4 Å². The van der Waals surface area contributed by atoms with E-state index in [2.05, 4.69) is 20.9 Å². The van der Waals surface area contributed by atoms with Gasteiger partial charge in [0.1, 0.15) is 26.8 Å². The predicted octanol–water partition coefficient (Wildman–Crippen LogP) is 7.34. The molecular weight excluding hydrogens is 566 g/mol. The Bertz CT molecular complexity index is 1660. The number of alkyl carbamates (subject to hydrolysis) is 1. The summed E-state index contributed by atoms with van der Waals surface area (Å²) in [5, 5.41) is 9.73. The van der Waals surface area contributed by atoms with E-state index in [4.69, 9.17) is 9.47 Å². The second kappa shape index (κ2) is 11.6. The molecule has 1 saturated carbocycles. The van der Waals surface area contributed by atoms with Crippen molar-refractivity contribution in [3.8, 4) is 11.5 Å². The molecule has 3 N–H and O–H groups in total. The number of rotatable bonds is 6. The van der Waals surface area contributed by atoms with Crippen LogP contribution in [-0.2, 0) is 4.74 Å². The number of nitrogens with zero attached hydrogens (tertiary/aromatic N) is 2. The zero-order chi connectivity index (χ0) is 30.1. The summed E-state index contributed by atoms with van der Waals surface area (Å²) in [5.41, 5.74) is 1.24. The maximum atomic E-state index is 13.5. The Morgan fingerprint density at radius 3 is 2.26 bits per heavy atom. The van der Waals surface area contributed by atoms with Crippen molar-refractivity contribution in [2.75, 3.05) is 10.2 Å². The van der Waals surface area contributed by atoms with Gasteiger partial charge in [-0.15, -0.1) is 11.3 Å². The molecule has 10 nitrogen and oxygen atoms in total. The molecule has 6 rings (SSSR count). The lowest BCUT2D eigenvalue weighted by Gasteiger charge is -2.31. The molecule has 0 saturated heterocycles. The highest BCUT2D eigenvalue weighted by Gasteiger charge is 2.34. The van der Waals surface area contributed by atoms with Crippen LogP contribution in [0.1, 0.15) is 56.1 Å². The number of benzene rings is 2. The van der Waals surface area contributed by atoms with Gasteiger partial charge in [-0.1, -0.05) is 18.2 Å². The standard InChI is InChI=1S/C32H33N5O5S/c1-32(2,3)42-31(40)35-20-11-9-19(10-12-20)34-28(38)27-26-25-24(17-18-33-29(25)43-27)37(30(39)36-26)21-13-15-23(16-14-21)41-22-7-5-4-6-8-22/h4-8,13-20H,9-12H2,1-3H3,(H,34,38)(H,35,40)(H,36,39). The van der Waals surface area contributed by atoms with Crippen LogP contribution in [-0.4, -0.2) is 40.7 Å². The number of anilines is 3. The predicted molar refractivity (Wildman–Crippen MR) is 167 cm³/mol. The van der Waals surface area contributed by atoms with Crippen molar-refractivity contribution in [1.82, 2.24) is 15.6 Å². The minimum Gasteiger partial charge on any atom is -0.457 e. The van der Waals surface area contributed by atoms with Crippen molar-refractivity contribution < 1.29 is 23.9 Å². The lowest BCUT2D eigenvalue weighted by atomic mass is 9.91. The summed E-state index contributed by atoms with van der Waals surface area (Å²) in [7, 11) is 0. The first kappa shape index (κ1) is 28.5. The van der Waals surface area contributed by atoms with Crippen LogP contribution >= 0.6 is 11.3 Å². The van der Waals surface area contributed by atoms with Gasteiger partial charge in [-0.3, -0.25) is 9.69 Å². The zero-order valence-corrected chi connectivity index (χ0v) is 25.0. The van der Waals surface area contributed by atoms with Crippen LogP contribution in [0, 0.1) is 0 Å². The quantitative estimate of drug-likeness (QED) is 0.213. The second-order valence-corrected chi connectivity index (χ2v) is 12.7. The summed E-state index contributed by atoms with van der Waals surface area (Å²) >= 11 is 1.26. The van der Waals surface area contributed by atoms with Crippen LogP contribution in [0.3, 0.4) is 0 Å².